The van der Waals surface area contributed by atoms with Crippen LogP contribution in [0.3, 0.4) is 0 Å². The van der Waals surface area contributed by atoms with Crippen molar-refractivity contribution in [1.82, 2.24) is 15.0 Å². The molecule has 0 N–H and O–H groups in total. The number of ether oxygens (including phenoxy) is 1. The van der Waals surface area contributed by atoms with Crippen molar-refractivity contribution < 1.29 is 14.4 Å². The lowest BCUT2D eigenvalue weighted by atomic mass is 10.0. The zero-order chi connectivity index (χ0) is 15.9. The van der Waals surface area contributed by atoms with Gasteiger partial charge in [-0.2, -0.15) is 0 Å². The molecule has 0 aliphatic carbocycles. The first kappa shape index (κ1) is 16.1. The van der Waals surface area contributed by atoms with Gasteiger partial charge in [0.05, 0.1) is 19.0 Å². The molecule has 1 aromatic carbocycles. The molecular weight excluding hydrogens is 282 g/mol. The second kappa shape index (κ2) is 7.63. The van der Waals surface area contributed by atoms with E-state index >= 15 is 0 Å². The lowest BCUT2D eigenvalue weighted by Gasteiger charge is -2.22. The first-order chi connectivity index (χ1) is 10.7. The molecule has 2 aromatic rings. The van der Waals surface area contributed by atoms with E-state index in [9.17, 15) is 4.79 Å². The molecule has 1 heterocycles. The minimum atomic E-state index is -0.689. The third kappa shape index (κ3) is 3.66. The average Bonchev–Trinajstić information content (AvgIpc) is 2.59. The second-order valence-electron chi connectivity index (χ2n) is 4.57. The van der Waals surface area contributed by atoms with Gasteiger partial charge in [0.2, 0.25) is 0 Å². The third-order valence-corrected chi connectivity index (χ3v) is 3.21. The van der Waals surface area contributed by atoms with Gasteiger partial charge < -0.3 is 4.74 Å². The standard InChI is InChI=1S/C16H19N3O3/c1-4-22-15(16(20)19(2)21-3)13-7-5-12(6-8-13)14-11-17-9-10-18-14/h5-11,15H,4H2,1-3H3. The number of carbonyl (C=O) groups is 1. The van der Waals surface area contributed by atoms with Crippen LogP contribution in [0.1, 0.15) is 18.6 Å². The molecule has 0 saturated carbocycles. The van der Waals surface area contributed by atoms with Crippen molar-refractivity contribution >= 4 is 5.91 Å². The number of hydroxylamine groups is 2. The fourth-order valence-electron chi connectivity index (χ4n) is 2.01. The lowest BCUT2D eigenvalue weighted by molar-refractivity contribution is -0.181. The van der Waals surface area contributed by atoms with Gasteiger partial charge in [-0.05, 0) is 12.5 Å². The van der Waals surface area contributed by atoms with Crippen molar-refractivity contribution in [1.29, 1.82) is 0 Å². The summed E-state index contributed by atoms with van der Waals surface area (Å²) in [6.45, 7) is 2.28. The van der Waals surface area contributed by atoms with E-state index in [2.05, 4.69) is 9.97 Å². The van der Waals surface area contributed by atoms with Crippen LogP contribution in [0.15, 0.2) is 42.9 Å². The summed E-state index contributed by atoms with van der Waals surface area (Å²) >= 11 is 0. The Balaban J connectivity index is 2.24. The van der Waals surface area contributed by atoms with Gasteiger partial charge in [0.25, 0.3) is 5.91 Å². The van der Waals surface area contributed by atoms with Crippen molar-refractivity contribution in [3.05, 3.63) is 48.4 Å². The first-order valence-electron chi connectivity index (χ1n) is 6.97. The van der Waals surface area contributed by atoms with Crippen molar-refractivity contribution in [2.75, 3.05) is 20.8 Å². The summed E-state index contributed by atoms with van der Waals surface area (Å²) < 4.78 is 5.56. The van der Waals surface area contributed by atoms with Gasteiger partial charge >= 0.3 is 0 Å². The number of rotatable bonds is 6. The Morgan fingerprint density at radius 3 is 2.55 bits per heavy atom. The molecule has 22 heavy (non-hydrogen) atoms. The zero-order valence-electron chi connectivity index (χ0n) is 12.9. The van der Waals surface area contributed by atoms with Crippen LogP contribution in [0.25, 0.3) is 11.3 Å². The smallest absolute Gasteiger partial charge is 0.279 e. The number of nitrogens with zero attached hydrogens (tertiary/aromatic N) is 3. The summed E-state index contributed by atoms with van der Waals surface area (Å²) in [5.74, 6) is -0.253. The van der Waals surface area contributed by atoms with Gasteiger partial charge in [0.1, 0.15) is 0 Å². The summed E-state index contributed by atoms with van der Waals surface area (Å²) in [5.41, 5.74) is 2.48. The maximum absolute atomic E-state index is 12.3. The predicted octanol–water partition coefficient (Wildman–Crippen LogP) is 2.24. The Hall–Kier alpha value is -2.31. The highest BCUT2D eigenvalue weighted by Gasteiger charge is 2.24. The van der Waals surface area contributed by atoms with Crippen LogP contribution >= 0.6 is 0 Å². The molecule has 0 bridgehead atoms. The molecule has 1 amide bonds. The van der Waals surface area contributed by atoms with Crippen LogP contribution < -0.4 is 0 Å². The summed E-state index contributed by atoms with van der Waals surface area (Å²) in [7, 11) is 3.00. The maximum atomic E-state index is 12.3. The highest BCUT2D eigenvalue weighted by molar-refractivity contribution is 5.81. The average molecular weight is 301 g/mol. The van der Waals surface area contributed by atoms with E-state index < -0.39 is 6.10 Å². The Morgan fingerprint density at radius 2 is 2.00 bits per heavy atom. The topological polar surface area (TPSA) is 64.5 Å². The second-order valence-corrected chi connectivity index (χ2v) is 4.57. The van der Waals surface area contributed by atoms with E-state index in [-0.39, 0.29) is 5.91 Å². The fourth-order valence-corrected chi connectivity index (χ4v) is 2.01. The Kier molecular flexibility index (Phi) is 5.57. The number of likely N-dealkylation sites (N-methyl/N-ethyl adjacent to an activating group) is 1. The Morgan fingerprint density at radius 1 is 1.27 bits per heavy atom. The van der Waals surface area contributed by atoms with Crippen LogP contribution in [-0.2, 0) is 14.4 Å². The van der Waals surface area contributed by atoms with E-state index in [1.807, 2.05) is 31.2 Å². The molecule has 6 heteroatoms. The normalized spacial score (nSPS) is 12.0. The Labute approximate surface area is 129 Å². The minimum absolute atomic E-state index is 0.253. The third-order valence-electron chi connectivity index (χ3n) is 3.21. The molecule has 6 nitrogen and oxygen atoms in total. The number of hydrogen-bond acceptors (Lipinski definition) is 5. The molecule has 1 unspecified atom stereocenters. The van der Waals surface area contributed by atoms with Gasteiger partial charge in [0, 0.05) is 31.6 Å². The molecule has 116 valence electrons. The molecule has 0 saturated heterocycles. The Bertz CT molecular complexity index is 602. The summed E-state index contributed by atoms with van der Waals surface area (Å²) in [5, 5.41) is 1.16. The molecular formula is C16H19N3O3. The summed E-state index contributed by atoms with van der Waals surface area (Å²) in [4.78, 5) is 25.5. The van der Waals surface area contributed by atoms with E-state index in [1.54, 1.807) is 25.6 Å². The van der Waals surface area contributed by atoms with Gasteiger partial charge in [-0.1, -0.05) is 24.3 Å². The summed E-state index contributed by atoms with van der Waals surface area (Å²) in [6, 6.07) is 7.49. The largest absolute Gasteiger partial charge is 0.364 e. The predicted molar refractivity (Wildman–Crippen MR) is 81.6 cm³/mol. The number of amides is 1. The highest BCUT2D eigenvalue weighted by atomic mass is 16.7. The van der Waals surface area contributed by atoms with E-state index in [1.165, 1.54) is 7.11 Å². The molecule has 2 rings (SSSR count). The number of benzene rings is 1. The molecule has 1 aromatic heterocycles. The first-order valence-corrected chi connectivity index (χ1v) is 6.97. The number of aromatic nitrogens is 2. The van der Waals surface area contributed by atoms with Crippen LogP contribution in [0.2, 0.25) is 0 Å². The SMILES string of the molecule is CCOC(C(=O)N(C)OC)c1ccc(-c2cnccn2)cc1. The van der Waals surface area contributed by atoms with Crippen molar-refractivity contribution in [3.8, 4) is 11.3 Å². The summed E-state index contributed by atoms with van der Waals surface area (Å²) in [6.07, 6.45) is 4.27. The maximum Gasteiger partial charge on any atom is 0.279 e. The van der Waals surface area contributed by atoms with Crippen molar-refractivity contribution in [2.45, 2.75) is 13.0 Å². The molecule has 0 radical (unpaired) electrons. The van der Waals surface area contributed by atoms with E-state index in [4.69, 9.17) is 9.57 Å². The lowest BCUT2D eigenvalue weighted by Crippen LogP contribution is -2.32. The molecule has 0 fully saturated rings. The molecule has 0 aliphatic rings. The van der Waals surface area contributed by atoms with Crippen LogP contribution in [-0.4, -0.2) is 41.7 Å². The van der Waals surface area contributed by atoms with Gasteiger partial charge in [-0.3, -0.25) is 19.6 Å². The molecule has 0 spiro atoms. The van der Waals surface area contributed by atoms with Gasteiger partial charge in [-0.25, -0.2) is 5.06 Å². The highest BCUT2D eigenvalue weighted by Crippen LogP contribution is 2.23. The number of hydrogen-bond donors (Lipinski definition) is 0. The fraction of sp³-hybridized carbons (Fsp3) is 0.312. The molecule has 0 aliphatic heterocycles. The van der Waals surface area contributed by atoms with Crippen molar-refractivity contribution in [3.63, 3.8) is 0 Å². The zero-order valence-corrected chi connectivity index (χ0v) is 12.9. The van der Waals surface area contributed by atoms with Gasteiger partial charge in [0.15, 0.2) is 6.10 Å². The van der Waals surface area contributed by atoms with E-state index in [0.29, 0.717) is 6.61 Å². The quantitative estimate of drug-likeness (QED) is 0.766. The van der Waals surface area contributed by atoms with Crippen molar-refractivity contribution in [2.24, 2.45) is 0 Å². The van der Waals surface area contributed by atoms with Crippen LogP contribution in [0.4, 0.5) is 0 Å². The monoisotopic (exact) mass is 301 g/mol. The van der Waals surface area contributed by atoms with Crippen LogP contribution in [0, 0.1) is 0 Å². The van der Waals surface area contributed by atoms with E-state index in [0.717, 1.165) is 21.9 Å². The molecule has 1 atom stereocenters. The minimum Gasteiger partial charge on any atom is -0.364 e. The number of carbonyl (C=O) groups excluding carboxylic acids is 1. The van der Waals surface area contributed by atoms with Crippen LogP contribution in [0.5, 0.6) is 0 Å². The van der Waals surface area contributed by atoms with Gasteiger partial charge in [-0.15, -0.1) is 0 Å².